The van der Waals surface area contributed by atoms with E-state index in [2.05, 4.69) is 4.98 Å². The minimum Gasteiger partial charge on any atom is -0.334 e. The highest BCUT2D eigenvalue weighted by Crippen LogP contribution is 2.30. The maximum Gasteiger partial charge on any atom is 0.406 e. The summed E-state index contributed by atoms with van der Waals surface area (Å²) in [6.45, 7) is 2.09. The summed E-state index contributed by atoms with van der Waals surface area (Å²) in [7, 11) is 0. The van der Waals surface area contributed by atoms with E-state index in [4.69, 9.17) is 0 Å². The van der Waals surface area contributed by atoms with Crippen LogP contribution in [-0.2, 0) is 11.3 Å². The molecule has 0 aliphatic carbocycles. The maximum absolute atomic E-state index is 13.0. The van der Waals surface area contributed by atoms with Crippen LogP contribution in [0.15, 0.2) is 40.8 Å². The highest BCUT2D eigenvalue weighted by Gasteiger charge is 2.32. The molecule has 0 spiro atoms. The summed E-state index contributed by atoms with van der Waals surface area (Å²) < 4.78 is 39.1. The van der Waals surface area contributed by atoms with Crippen LogP contribution in [0.5, 0.6) is 0 Å². The van der Waals surface area contributed by atoms with E-state index < -0.39 is 18.6 Å². The Balaban J connectivity index is 1.85. The van der Waals surface area contributed by atoms with Gasteiger partial charge in [-0.25, -0.2) is 4.98 Å². The summed E-state index contributed by atoms with van der Waals surface area (Å²) >= 11 is 1.35. The molecule has 0 N–H and O–H groups in total. The van der Waals surface area contributed by atoms with E-state index in [0.717, 1.165) is 21.6 Å². The largest absolute Gasteiger partial charge is 0.406 e. The Morgan fingerprint density at radius 3 is 2.55 bits per heavy atom. The Hall–Kier alpha value is -2.68. The lowest BCUT2D eigenvalue weighted by Gasteiger charge is -2.22. The average molecular weight is 423 g/mol. The van der Waals surface area contributed by atoms with Crippen molar-refractivity contribution in [1.82, 2.24) is 14.5 Å². The van der Waals surface area contributed by atoms with Crippen LogP contribution in [0.25, 0.3) is 21.3 Å². The molecule has 0 atom stereocenters. The lowest BCUT2D eigenvalue weighted by molar-refractivity contribution is -0.160. The quantitative estimate of drug-likeness (QED) is 0.596. The predicted octanol–water partition coefficient (Wildman–Crippen LogP) is 4.23. The second-order valence-electron chi connectivity index (χ2n) is 6.71. The molecule has 1 aromatic carbocycles. The number of nitrogens with zero attached hydrogens (tertiary/aromatic N) is 3. The van der Waals surface area contributed by atoms with Crippen molar-refractivity contribution in [3.05, 3.63) is 51.9 Å². The number of benzene rings is 1. The van der Waals surface area contributed by atoms with Crippen LogP contribution in [0.2, 0.25) is 0 Å². The molecule has 0 radical (unpaired) electrons. The van der Waals surface area contributed by atoms with Crippen molar-refractivity contribution in [3.8, 4) is 11.1 Å². The van der Waals surface area contributed by atoms with Crippen molar-refractivity contribution >= 4 is 27.5 Å². The van der Waals surface area contributed by atoms with Crippen molar-refractivity contribution in [2.45, 2.75) is 33.0 Å². The maximum atomic E-state index is 13.0. The first-order valence-corrected chi connectivity index (χ1v) is 9.95. The second-order valence-corrected chi connectivity index (χ2v) is 7.57. The highest BCUT2D eigenvalue weighted by atomic mass is 32.1. The number of hydrogen-bond acceptors (Lipinski definition) is 4. The summed E-state index contributed by atoms with van der Waals surface area (Å²) in [5, 5.41) is 2.32. The topological polar surface area (TPSA) is 55.2 Å². The molecule has 29 heavy (non-hydrogen) atoms. The number of halogens is 3. The number of carbonyl (C=O) groups is 1. The first kappa shape index (κ1) is 21.0. The van der Waals surface area contributed by atoms with Gasteiger partial charge in [-0.3, -0.25) is 14.2 Å². The summed E-state index contributed by atoms with van der Waals surface area (Å²) in [6, 6.07) is 7.75. The third-order valence-corrected chi connectivity index (χ3v) is 5.48. The van der Waals surface area contributed by atoms with E-state index in [-0.39, 0.29) is 25.1 Å². The predicted molar refractivity (Wildman–Crippen MR) is 107 cm³/mol. The lowest BCUT2D eigenvalue weighted by atomic mass is 10.1. The monoisotopic (exact) mass is 423 g/mol. The van der Waals surface area contributed by atoms with Crippen molar-refractivity contribution in [3.63, 3.8) is 0 Å². The minimum absolute atomic E-state index is 0.0296. The molecular weight excluding hydrogens is 403 g/mol. The Bertz CT molecular complexity index is 1070. The van der Waals surface area contributed by atoms with Gasteiger partial charge in [-0.1, -0.05) is 29.8 Å². The fourth-order valence-electron chi connectivity index (χ4n) is 3.04. The van der Waals surface area contributed by atoms with E-state index in [1.165, 1.54) is 29.2 Å². The van der Waals surface area contributed by atoms with Gasteiger partial charge >= 0.3 is 6.18 Å². The molecule has 1 amide bonds. The second kappa shape index (κ2) is 8.36. The van der Waals surface area contributed by atoms with Gasteiger partial charge in [-0.05, 0) is 19.4 Å². The zero-order valence-corrected chi connectivity index (χ0v) is 16.8. The van der Waals surface area contributed by atoms with Crippen molar-refractivity contribution in [2.24, 2.45) is 0 Å². The summed E-state index contributed by atoms with van der Waals surface area (Å²) in [5.41, 5.74) is 2.44. The van der Waals surface area contributed by atoms with E-state index in [0.29, 0.717) is 10.2 Å². The lowest BCUT2D eigenvalue weighted by Crippen LogP contribution is -2.39. The smallest absolute Gasteiger partial charge is 0.334 e. The Labute approximate surface area is 169 Å². The molecule has 154 valence electrons. The van der Waals surface area contributed by atoms with Gasteiger partial charge in [-0.2, -0.15) is 13.2 Å². The zero-order chi connectivity index (χ0) is 21.2. The van der Waals surface area contributed by atoms with Crippen LogP contribution in [0, 0.1) is 6.92 Å². The van der Waals surface area contributed by atoms with Gasteiger partial charge in [0.1, 0.15) is 11.4 Å². The highest BCUT2D eigenvalue weighted by molar-refractivity contribution is 7.17. The molecule has 9 heteroatoms. The molecule has 5 nitrogen and oxygen atoms in total. The molecule has 0 unspecified atom stereocenters. The van der Waals surface area contributed by atoms with Gasteiger partial charge in [0, 0.05) is 30.5 Å². The van der Waals surface area contributed by atoms with Crippen molar-refractivity contribution in [1.29, 1.82) is 0 Å². The number of thiophene rings is 1. The zero-order valence-electron chi connectivity index (χ0n) is 16.0. The summed E-state index contributed by atoms with van der Waals surface area (Å²) in [4.78, 5) is 30.7. The fraction of sp³-hybridized carbons (Fsp3) is 0.350. The normalized spacial score (nSPS) is 11.8. The van der Waals surface area contributed by atoms with Crippen molar-refractivity contribution in [2.75, 3.05) is 13.1 Å². The molecule has 3 aromatic rings. The van der Waals surface area contributed by atoms with Gasteiger partial charge in [-0.15, -0.1) is 11.3 Å². The van der Waals surface area contributed by atoms with Crippen LogP contribution < -0.4 is 5.56 Å². The van der Waals surface area contributed by atoms with Crippen LogP contribution in [0.4, 0.5) is 13.2 Å². The van der Waals surface area contributed by atoms with Crippen LogP contribution in [-0.4, -0.2) is 39.6 Å². The van der Waals surface area contributed by atoms with Crippen LogP contribution >= 0.6 is 11.3 Å². The Kier molecular flexibility index (Phi) is 6.07. The van der Waals surface area contributed by atoms with Crippen LogP contribution in [0.3, 0.4) is 0 Å². The summed E-state index contributed by atoms with van der Waals surface area (Å²) in [6.07, 6.45) is -3.32. The van der Waals surface area contributed by atoms with Gasteiger partial charge in [0.05, 0.1) is 11.7 Å². The van der Waals surface area contributed by atoms with Gasteiger partial charge < -0.3 is 4.90 Å². The third kappa shape index (κ3) is 4.84. The van der Waals surface area contributed by atoms with E-state index in [1.54, 1.807) is 0 Å². The average Bonchev–Trinajstić information content (AvgIpc) is 3.10. The van der Waals surface area contributed by atoms with Crippen LogP contribution in [0.1, 0.15) is 18.9 Å². The molecule has 0 fully saturated rings. The number of aryl methyl sites for hydroxylation is 2. The fourth-order valence-corrected chi connectivity index (χ4v) is 3.95. The Morgan fingerprint density at radius 2 is 1.93 bits per heavy atom. The first-order chi connectivity index (χ1) is 13.7. The molecule has 2 heterocycles. The number of alkyl halides is 3. The molecular formula is C20H20F3N3O2S. The van der Waals surface area contributed by atoms with E-state index in [9.17, 15) is 22.8 Å². The number of hydrogen-bond donors (Lipinski definition) is 0. The SMILES string of the molecule is CCN(CC(F)(F)F)C(=O)CCn1cnc2scc(-c3ccc(C)cc3)c2c1=O. The molecule has 0 bridgehead atoms. The summed E-state index contributed by atoms with van der Waals surface area (Å²) in [5.74, 6) is -0.652. The number of fused-ring (bicyclic) bond motifs is 1. The van der Waals surface area contributed by atoms with Crippen molar-refractivity contribution < 1.29 is 18.0 Å². The first-order valence-electron chi connectivity index (χ1n) is 9.08. The Morgan fingerprint density at radius 1 is 1.24 bits per heavy atom. The molecule has 0 aliphatic heterocycles. The minimum atomic E-state index is -4.46. The van der Waals surface area contributed by atoms with Gasteiger partial charge in [0.15, 0.2) is 0 Å². The number of carbonyl (C=O) groups excluding carboxylic acids is 1. The van der Waals surface area contributed by atoms with E-state index >= 15 is 0 Å². The molecule has 3 rings (SSSR count). The standard InChI is InChI=1S/C20H20F3N3O2S/c1-3-25(11-20(21,22)23)16(27)8-9-26-12-24-18-17(19(26)28)15(10-29-18)14-6-4-13(2)5-7-14/h4-7,10,12H,3,8-9,11H2,1-2H3. The van der Waals surface area contributed by atoms with E-state index in [1.807, 2.05) is 36.6 Å². The molecule has 0 saturated heterocycles. The van der Waals surface area contributed by atoms with Gasteiger partial charge in [0.25, 0.3) is 5.56 Å². The number of amides is 1. The number of rotatable bonds is 6. The van der Waals surface area contributed by atoms with Gasteiger partial charge in [0.2, 0.25) is 5.91 Å². The molecule has 0 saturated carbocycles. The molecule has 0 aliphatic rings. The molecule has 2 aromatic heterocycles. The number of aromatic nitrogens is 2. The third-order valence-electron chi connectivity index (χ3n) is 4.59.